The van der Waals surface area contributed by atoms with Gasteiger partial charge in [0.2, 0.25) is 0 Å². The third kappa shape index (κ3) is 5.24. The summed E-state index contributed by atoms with van der Waals surface area (Å²) in [4.78, 5) is 37.5. The number of ether oxygens (including phenoxy) is 1. The minimum absolute atomic E-state index is 0. The monoisotopic (exact) mass is 450 g/mol. The van der Waals surface area contributed by atoms with Gasteiger partial charge >= 0.3 is 52.0 Å². The van der Waals surface area contributed by atoms with Gasteiger partial charge < -0.3 is 16.4 Å². The van der Waals surface area contributed by atoms with Crippen LogP contribution in [0.25, 0.3) is 0 Å². The molecule has 3 rings (SSSR count). The van der Waals surface area contributed by atoms with E-state index >= 15 is 0 Å². The van der Waals surface area contributed by atoms with Crippen LogP contribution in [0.2, 0.25) is 0 Å². The van der Waals surface area contributed by atoms with Crippen molar-refractivity contribution in [2.24, 2.45) is 0 Å². The summed E-state index contributed by atoms with van der Waals surface area (Å²) in [5, 5.41) is 5.19. The topological polar surface area (TPSA) is 145 Å². The Kier molecular flexibility index (Phi) is 7.09. The molecule has 3 N–H and O–H groups in total. The quantitative estimate of drug-likeness (QED) is 0.297. The van der Waals surface area contributed by atoms with E-state index in [1.54, 1.807) is 45.0 Å². The van der Waals surface area contributed by atoms with Gasteiger partial charge in [-0.2, -0.15) is 8.42 Å². The maximum atomic E-state index is 12.5. The van der Waals surface area contributed by atoms with Crippen molar-refractivity contribution in [1.29, 1.82) is 0 Å². The van der Waals surface area contributed by atoms with Crippen LogP contribution in [-0.2, 0) is 19.8 Å². The van der Waals surface area contributed by atoms with E-state index < -0.39 is 46.0 Å². The molecular weight excluding hydrogens is 427 g/mol. The number of benzene rings is 1. The number of urea groups is 1. The van der Waals surface area contributed by atoms with Gasteiger partial charge in [-0.3, -0.25) is 14.7 Å². The molecule has 0 unspecified atom stereocenters. The van der Waals surface area contributed by atoms with Gasteiger partial charge in [-0.1, -0.05) is 0 Å². The molecule has 4 amide bonds. The zero-order valence-electron chi connectivity index (χ0n) is 18.1. The smallest absolute Gasteiger partial charge is 1.00 e. The van der Waals surface area contributed by atoms with E-state index in [0.717, 1.165) is 0 Å². The molecule has 0 aliphatic carbocycles. The molecule has 0 aromatic heterocycles. The van der Waals surface area contributed by atoms with Crippen LogP contribution in [0.5, 0.6) is 0 Å². The van der Waals surface area contributed by atoms with Gasteiger partial charge in [0.15, 0.2) is 0 Å². The van der Waals surface area contributed by atoms with Crippen molar-refractivity contribution >= 4 is 39.7 Å². The van der Waals surface area contributed by atoms with Crippen molar-refractivity contribution in [3.63, 3.8) is 0 Å². The zero-order valence-corrected chi connectivity index (χ0v) is 19.9. The minimum atomic E-state index is -4.62. The van der Waals surface area contributed by atoms with Gasteiger partial charge in [0.25, 0.3) is 5.91 Å². The molecule has 2 heterocycles. The average Bonchev–Trinajstić information content (AvgIpc) is 2.92. The standard InChI is InChI=1S/C17H22N4O7S.Na.H/c1-17(2,3)28-16(24)19-11-6-4-10(5-7-11)18-15(23)20-9-8-12-13(20)14(22)21(12)29(25,26)27;;/h4-7,12-13H,8-9H2,1-3H3,(H,18,23)(H,19,24)(H,25,26,27);;/q;+1;-1/t12-,13+;;/m1../s1. The van der Waals surface area contributed by atoms with Gasteiger partial charge in [-0.25, -0.2) is 13.9 Å². The van der Waals surface area contributed by atoms with E-state index in [4.69, 9.17) is 9.29 Å². The molecule has 2 saturated heterocycles. The molecule has 30 heavy (non-hydrogen) atoms. The summed E-state index contributed by atoms with van der Waals surface area (Å²) in [6, 6.07) is 4.04. The van der Waals surface area contributed by atoms with Crippen molar-refractivity contribution in [3.8, 4) is 0 Å². The maximum absolute atomic E-state index is 12.5. The maximum Gasteiger partial charge on any atom is 1.00 e. The first-order chi connectivity index (χ1) is 13.4. The normalized spacial score (nSPS) is 20.6. The van der Waals surface area contributed by atoms with Crippen LogP contribution in [0.15, 0.2) is 24.3 Å². The number of anilines is 2. The Hall–Kier alpha value is -1.86. The number of fused-ring (bicyclic) bond motifs is 1. The van der Waals surface area contributed by atoms with Crippen LogP contribution in [0.4, 0.5) is 21.0 Å². The Morgan fingerprint density at radius 1 is 1.17 bits per heavy atom. The number of β-lactam (4-membered cyclic amide) rings is 1. The number of likely N-dealkylation sites (tertiary alicyclic amines) is 1. The van der Waals surface area contributed by atoms with Crippen molar-refractivity contribution in [2.45, 2.75) is 44.9 Å². The van der Waals surface area contributed by atoms with Crippen molar-refractivity contribution < 1.29 is 63.1 Å². The van der Waals surface area contributed by atoms with E-state index in [-0.39, 0.29) is 43.9 Å². The molecule has 160 valence electrons. The number of hydrogen-bond acceptors (Lipinski definition) is 6. The van der Waals surface area contributed by atoms with Crippen molar-refractivity contribution in [2.75, 3.05) is 17.2 Å². The molecule has 2 atom stereocenters. The average molecular weight is 450 g/mol. The molecule has 2 fully saturated rings. The molecule has 0 spiro atoms. The summed E-state index contributed by atoms with van der Waals surface area (Å²) in [5.74, 6) is -0.831. The summed E-state index contributed by atoms with van der Waals surface area (Å²) in [6.07, 6.45) is -0.355. The van der Waals surface area contributed by atoms with E-state index in [9.17, 15) is 22.8 Å². The molecule has 13 heteroatoms. The molecule has 2 aliphatic rings. The summed E-state index contributed by atoms with van der Waals surface area (Å²) in [6.45, 7) is 5.42. The van der Waals surface area contributed by atoms with Crippen molar-refractivity contribution in [3.05, 3.63) is 24.3 Å². The third-order valence-electron chi connectivity index (χ3n) is 4.43. The van der Waals surface area contributed by atoms with Crippen LogP contribution < -0.4 is 40.2 Å². The van der Waals surface area contributed by atoms with Gasteiger partial charge in [0.05, 0.1) is 6.04 Å². The molecule has 0 radical (unpaired) electrons. The number of nitrogens with zero attached hydrogens (tertiary/aromatic N) is 2. The Bertz CT molecular complexity index is 952. The fourth-order valence-electron chi connectivity index (χ4n) is 3.30. The Balaban J connectivity index is 0.00000240. The second-order valence-electron chi connectivity index (χ2n) is 7.74. The number of amides is 4. The third-order valence-corrected chi connectivity index (χ3v) is 5.38. The summed E-state index contributed by atoms with van der Waals surface area (Å²) in [7, 11) is -4.62. The molecule has 0 saturated carbocycles. The molecule has 2 aliphatic heterocycles. The Morgan fingerprint density at radius 2 is 1.70 bits per heavy atom. The van der Waals surface area contributed by atoms with Crippen LogP contribution in [0.1, 0.15) is 28.6 Å². The first-order valence-corrected chi connectivity index (χ1v) is 10.2. The predicted molar refractivity (Wildman–Crippen MR) is 104 cm³/mol. The molecule has 0 bridgehead atoms. The number of carbonyl (C=O) groups is 3. The van der Waals surface area contributed by atoms with Gasteiger partial charge in [-0.15, -0.1) is 0 Å². The molecule has 1 aromatic rings. The van der Waals surface area contributed by atoms with Gasteiger partial charge in [-0.05, 0) is 51.5 Å². The van der Waals surface area contributed by atoms with Gasteiger partial charge in [0.1, 0.15) is 11.6 Å². The summed E-state index contributed by atoms with van der Waals surface area (Å²) in [5.41, 5.74) is 0.262. The fraction of sp³-hybridized carbons (Fsp3) is 0.471. The van der Waals surface area contributed by atoms with E-state index in [0.29, 0.717) is 15.7 Å². The molecule has 1 aromatic carbocycles. The van der Waals surface area contributed by atoms with Crippen LogP contribution in [0.3, 0.4) is 0 Å². The Morgan fingerprint density at radius 3 is 2.20 bits per heavy atom. The zero-order chi connectivity index (χ0) is 21.6. The largest absolute Gasteiger partial charge is 1.00 e. The van der Waals surface area contributed by atoms with Crippen LogP contribution in [0, 0.1) is 0 Å². The molecular formula is C17H23N4NaO7S. The summed E-state index contributed by atoms with van der Waals surface area (Å²) < 4.78 is 37.1. The van der Waals surface area contributed by atoms with Gasteiger partial charge in [0, 0.05) is 17.9 Å². The van der Waals surface area contributed by atoms with Crippen LogP contribution >= 0.6 is 0 Å². The van der Waals surface area contributed by atoms with Crippen LogP contribution in [-0.4, -0.2) is 64.4 Å². The van der Waals surface area contributed by atoms with E-state index in [1.807, 2.05) is 0 Å². The molecule has 11 nitrogen and oxygen atoms in total. The first-order valence-electron chi connectivity index (χ1n) is 8.85. The number of hydrogen-bond donors (Lipinski definition) is 3. The first kappa shape index (κ1) is 24.4. The fourth-order valence-corrected chi connectivity index (χ4v) is 4.20. The van der Waals surface area contributed by atoms with E-state index in [2.05, 4.69) is 10.6 Å². The number of carbonyl (C=O) groups excluding carboxylic acids is 3. The SMILES string of the molecule is CC(C)(C)OC(=O)Nc1ccc(NC(=O)N2CC[C@@H]3[C@H]2C(=O)N3S(=O)(=O)O)cc1.[H-].[Na+]. The minimum Gasteiger partial charge on any atom is -1.00 e. The predicted octanol–water partition coefficient (Wildman–Crippen LogP) is -1.23. The number of rotatable bonds is 3. The second kappa shape index (κ2) is 8.71. The summed E-state index contributed by atoms with van der Waals surface area (Å²) >= 11 is 0. The second-order valence-corrected chi connectivity index (χ2v) is 9.03. The van der Waals surface area contributed by atoms with Crippen molar-refractivity contribution in [1.82, 2.24) is 9.21 Å². The Labute approximate surface area is 197 Å². The van der Waals surface area contributed by atoms with E-state index in [1.165, 1.54) is 4.90 Å². The number of nitrogens with one attached hydrogen (secondary N) is 2.